The lowest BCUT2D eigenvalue weighted by molar-refractivity contribution is -0.119. The summed E-state index contributed by atoms with van der Waals surface area (Å²) in [6, 6.07) is 14.6. The summed E-state index contributed by atoms with van der Waals surface area (Å²) < 4.78 is 2.10. The Morgan fingerprint density at radius 3 is 2.78 bits per heavy atom. The van der Waals surface area contributed by atoms with Gasteiger partial charge in [-0.1, -0.05) is 48.2 Å². The summed E-state index contributed by atoms with van der Waals surface area (Å²) in [5, 5.41) is 14.7. The van der Waals surface area contributed by atoms with Crippen molar-refractivity contribution in [2.75, 3.05) is 5.75 Å². The van der Waals surface area contributed by atoms with Crippen molar-refractivity contribution < 1.29 is 4.79 Å². The van der Waals surface area contributed by atoms with Crippen molar-refractivity contribution in [1.82, 2.24) is 20.1 Å². The first kappa shape index (κ1) is 18.3. The molecule has 1 N–H and O–H groups in total. The maximum absolute atomic E-state index is 12.3. The van der Waals surface area contributed by atoms with Crippen LogP contribution in [0, 0.1) is 5.92 Å². The van der Waals surface area contributed by atoms with Gasteiger partial charge in [0.2, 0.25) is 5.91 Å². The first-order valence-electron chi connectivity index (χ1n) is 9.14. The van der Waals surface area contributed by atoms with Crippen molar-refractivity contribution in [2.24, 2.45) is 5.92 Å². The molecule has 4 rings (SSSR count). The van der Waals surface area contributed by atoms with E-state index in [4.69, 9.17) is 0 Å². The van der Waals surface area contributed by atoms with Crippen LogP contribution in [0.3, 0.4) is 0 Å². The Labute approximate surface area is 167 Å². The Kier molecular flexibility index (Phi) is 5.59. The minimum atomic E-state index is 0.0614. The molecule has 3 aromatic rings. The molecule has 5 nitrogen and oxygen atoms in total. The fourth-order valence-electron chi connectivity index (χ4n) is 3.03. The van der Waals surface area contributed by atoms with Gasteiger partial charge in [-0.2, -0.15) is 0 Å². The number of nitrogens with zero attached hydrogens (tertiary/aromatic N) is 3. The number of thiophene rings is 1. The molecule has 0 spiro atoms. The molecule has 1 saturated carbocycles. The Balaban J connectivity index is 1.50. The lowest BCUT2D eigenvalue weighted by atomic mass is 10.2. The summed E-state index contributed by atoms with van der Waals surface area (Å²) in [4.78, 5) is 13.4. The van der Waals surface area contributed by atoms with Crippen molar-refractivity contribution in [2.45, 2.75) is 37.5 Å². The van der Waals surface area contributed by atoms with Crippen LogP contribution in [0.25, 0.3) is 10.7 Å². The summed E-state index contributed by atoms with van der Waals surface area (Å²) in [6.45, 7) is 2.77. The van der Waals surface area contributed by atoms with Crippen LogP contribution in [0.15, 0.2) is 53.0 Å². The molecule has 1 aliphatic rings. The molecule has 2 aromatic heterocycles. The van der Waals surface area contributed by atoms with Gasteiger partial charge < -0.3 is 5.32 Å². The van der Waals surface area contributed by atoms with E-state index < -0.39 is 0 Å². The minimum absolute atomic E-state index is 0.0614. The third-order valence-corrected chi connectivity index (χ3v) is 6.52. The van der Waals surface area contributed by atoms with Crippen LogP contribution in [0.5, 0.6) is 0 Å². The fourth-order valence-corrected chi connectivity index (χ4v) is 4.50. The van der Waals surface area contributed by atoms with Crippen molar-refractivity contribution in [1.29, 1.82) is 0 Å². The largest absolute Gasteiger partial charge is 0.353 e. The molecule has 1 aromatic carbocycles. The topological polar surface area (TPSA) is 59.8 Å². The van der Waals surface area contributed by atoms with Gasteiger partial charge in [-0.05, 0) is 42.7 Å². The van der Waals surface area contributed by atoms with Crippen molar-refractivity contribution in [3.8, 4) is 10.7 Å². The lowest BCUT2D eigenvalue weighted by Crippen LogP contribution is -2.35. The van der Waals surface area contributed by atoms with E-state index >= 15 is 0 Å². The normalized spacial score (nSPS) is 14.9. The second-order valence-corrected chi connectivity index (χ2v) is 8.73. The third-order valence-electron chi connectivity index (χ3n) is 4.69. The number of amides is 1. The number of aromatic nitrogens is 3. The van der Waals surface area contributed by atoms with E-state index in [0.717, 1.165) is 15.9 Å². The molecule has 0 bridgehead atoms. The number of hydrogen-bond donors (Lipinski definition) is 1. The molecule has 0 saturated heterocycles. The van der Waals surface area contributed by atoms with Gasteiger partial charge in [0.25, 0.3) is 0 Å². The zero-order valence-electron chi connectivity index (χ0n) is 15.2. The van der Waals surface area contributed by atoms with Crippen LogP contribution < -0.4 is 5.32 Å². The highest BCUT2D eigenvalue weighted by molar-refractivity contribution is 7.99. The molecule has 1 aliphatic carbocycles. The summed E-state index contributed by atoms with van der Waals surface area (Å²) in [5.41, 5.74) is 1.18. The van der Waals surface area contributed by atoms with Crippen LogP contribution in [0.1, 0.15) is 25.3 Å². The van der Waals surface area contributed by atoms with Gasteiger partial charge in [-0.25, -0.2) is 0 Å². The van der Waals surface area contributed by atoms with Gasteiger partial charge in [0.05, 0.1) is 17.2 Å². The highest BCUT2D eigenvalue weighted by Gasteiger charge is 2.29. The van der Waals surface area contributed by atoms with E-state index in [1.54, 1.807) is 11.3 Å². The Bertz CT molecular complexity index is 888. The monoisotopic (exact) mass is 398 g/mol. The molecular weight excluding hydrogens is 376 g/mol. The molecule has 140 valence electrons. The highest BCUT2D eigenvalue weighted by atomic mass is 32.2. The fraction of sp³-hybridized carbons (Fsp3) is 0.350. The van der Waals surface area contributed by atoms with Gasteiger partial charge >= 0.3 is 0 Å². The lowest BCUT2D eigenvalue weighted by Gasteiger charge is -2.13. The van der Waals surface area contributed by atoms with E-state index in [9.17, 15) is 4.79 Å². The van der Waals surface area contributed by atoms with Gasteiger partial charge in [0.15, 0.2) is 11.0 Å². The van der Waals surface area contributed by atoms with Crippen LogP contribution >= 0.6 is 23.1 Å². The standard InChI is InChI=1S/C20H22N4OS2/c1-14(16-9-10-16)21-18(25)13-27-20-23-22-19(17-8-5-11-26-17)24(20)12-15-6-3-2-4-7-15/h2-8,11,14,16H,9-10,12-13H2,1H3,(H,21,25). The SMILES string of the molecule is CC(NC(=O)CSc1nnc(-c2cccs2)n1Cc1ccccc1)C1CC1. The maximum atomic E-state index is 12.3. The maximum Gasteiger partial charge on any atom is 0.230 e. The van der Waals surface area contributed by atoms with E-state index in [0.29, 0.717) is 18.2 Å². The van der Waals surface area contributed by atoms with Gasteiger partial charge in [-0.15, -0.1) is 21.5 Å². The van der Waals surface area contributed by atoms with E-state index in [-0.39, 0.29) is 11.9 Å². The minimum Gasteiger partial charge on any atom is -0.353 e. The summed E-state index contributed by atoms with van der Waals surface area (Å²) >= 11 is 3.09. The average Bonchev–Trinajstić information content (AvgIpc) is 3.25. The van der Waals surface area contributed by atoms with Crippen molar-refractivity contribution in [3.63, 3.8) is 0 Å². The Morgan fingerprint density at radius 1 is 1.26 bits per heavy atom. The number of carbonyl (C=O) groups is 1. The second-order valence-electron chi connectivity index (χ2n) is 6.84. The third kappa shape index (κ3) is 4.59. The summed E-state index contributed by atoms with van der Waals surface area (Å²) in [5.74, 6) is 1.93. The zero-order valence-corrected chi connectivity index (χ0v) is 16.8. The number of carbonyl (C=O) groups excluding carboxylic acids is 1. The summed E-state index contributed by atoms with van der Waals surface area (Å²) in [7, 11) is 0. The predicted octanol–water partition coefficient (Wildman–Crippen LogP) is 4.06. The molecular formula is C20H22N4OS2. The van der Waals surface area contributed by atoms with E-state index in [1.807, 2.05) is 29.6 Å². The zero-order chi connectivity index (χ0) is 18.6. The highest BCUT2D eigenvalue weighted by Crippen LogP contribution is 2.32. The predicted molar refractivity (Wildman–Crippen MR) is 110 cm³/mol. The average molecular weight is 399 g/mol. The number of rotatable bonds is 8. The van der Waals surface area contributed by atoms with Crippen molar-refractivity contribution in [3.05, 3.63) is 53.4 Å². The van der Waals surface area contributed by atoms with Crippen LogP contribution in [-0.2, 0) is 11.3 Å². The second kappa shape index (κ2) is 8.27. The number of benzene rings is 1. The molecule has 1 fully saturated rings. The smallest absolute Gasteiger partial charge is 0.230 e. The summed E-state index contributed by atoms with van der Waals surface area (Å²) in [6.07, 6.45) is 2.45. The van der Waals surface area contributed by atoms with Crippen LogP contribution in [-0.4, -0.2) is 32.5 Å². The molecule has 7 heteroatoms. The first-order valence-corrected chi connectivity index (χ1v) is 11.0. The van der Waals surface area contributed by atoms with Crippen LogP contribution in [0.4, 0.5) is 0 Å². The molecule has 0 radical (unpaired) electrons. The molecule has 2 heterocycles. The van der Waals surface area contributed by atoms with Gasteiger partial charge in [-0.3, -0.25) is 9.36 Å². The van der Waals surface area contributed by atoms with Gasteiger partial charge in [0, 0.05) is 6.04 Å². The van der Waals surface area contributed by atoms with Crippen molar-refractivity contribution >= 4 is 29.0 Å². The van der Waals surface area contributed by atoms with Crippen LogP contribution in [0.2, 0.25) is 0 Å². The quantitative estimate of drug-likeness (QED) is 0.581. The Morgan fingerprint density at radius 2 is 2.07 bits per heavy atom. The van der Waals surface area contributed by atoms with E-state index in [2.05, 4.69) is 45.2 Å². The molecule has 27 heavy (non-hydrogen) atoms. The first-order chi connectivity index (χ1) is 13.2. The number of thioether (sulfide) groups is 1. The molecule has 1 atom stereocenters. The molecule has 1 amide bonds. The number of hydrogen-bond acceptors (Lipinski definition) is 5. The number of nitrogens with one attached hydrogen (secondary N) is 1. The van der Waals surface area contributed by atoms with E-state index in [1.165, 1.54) is 30.2 Å². The van der Waals surface area contributed by atoms with Gasteiger partial charge in [0.1, 0.15) is 0 Å². The Hall–Kier alpha value is -2.12. The molecule has 0 aliphatic heterocycles. The molecule has 1 unspecified atom stereocenters.